The number of amides is 2. The van der Waals surface area contributed by atoms with Gasteiger partial charge in [-0.25, -0.2) is 4.79 Å². The number of aromatic nitrogens is 1. The normalized spacial score (nSPS) is 12.7. The van der Waals surface area contributed by atoms with E-state index in [1.54, 1.807) is 0 Å². The van der Waals surface area contributed by atoms with Gasteiger partial charge in [0.25, 0.3) is 0 Å². The topological polar surface area (TPSA) is 66.2 Å². The lowest BCUT2D eigenvalue weighted by Gasteiger charge is -2.11. The van der Waals surface area contributed by atoms with Gasteiger partial charge in [0.2, 0.25) is 0 Å². The van der Waals surface area contributed by atoms with Gasteiger partial charge in [0, 0.05) is 30.1 Å². The maximum Gasteiger partial charge on any atom is 0.319 e. The van der Waals surface area contributed by atoms with E-state index in [4.69, 9.17) is 4.74 Å². The molecule has 1 aliphatic heterocycles. The molecular formula is C20H21N3O2. The molecule has 2 heterocycles. The Morgan fingerprint density at radius 1 is 1.24 bits per heavy atom. The summed E-state index contributed by atoms with van der Waals surface area (Å²) < 4.78 is 5.61. The number of urea groups is 1. The van der Waals surface area contributed by atoms with E-state index >= 15 is 0 Å². The molecule has 2 aromatic carbocycles. The van der Waals surface area contributed by atoms with E-state index in [0.717, 1.165) is 35.4 Å². The van der Waals surface area contributed by atoms with Crippen LogP contribution in [0.1, 0.15) is 16.7 Å². The van der Waals surface area contributed by atoms with Crippen molar-refractivity contribution < 1.29 is 9.53 Å². The number of carbonyl (C=O) groups is 1. The summed E-state index contributed by atoms with van der Waals surface area (Å²) in [5.41, 5.74) is 5.48. The first-order valence-electron chi connectivity index (χ1n) is 8.57. The fraction of sp³-hybridized carbons (Fsp3) is 0.250. The number of hydrogen-bond acceptors (Lipinski definition) is 2. The van der Waals surface area contributed by atoms with Gasteiger partial charge >= 0.3 is 6.03 Å². The van der Waals surface area contributed by atoms with E-state index in [1.165, 1.54) is 16.5 Å². The molecule has 4 rings (SSSR count). The molecule has 3 aromatic rings. The Labute approximate surface area is 146 Å². The van der Waals surface area contributed by atoms with Gasteiger partial charge in [-0.3, -0.25) is 0 Å². The molecule has 0 saturated carbocycles. The molecule has 2 amide bonds. The quantitative estimate of drug-likeness (QED) is 0.679. The Morgan fingerprint density at radius 2 is 2.12 bits per heavy atom. The molecule has 5 nitrogen and oxygen atoms in total. The number of fused-ring (bicyclic) bond motifs is 2. The van der Waals surface area contributed by atoms with Gasteiger partial charge in [-0.1, -0.05) is 24.3 Å². The number of H-pyrrole nitrogens is 1. The van der Waals surface area contributed by atoms with Crippen LogP contribution in [0, 0.1) is 6.92 Å². The number of benzene rings is 2. The summed E-state index contributed by atoms with van der Waals surface area (Å²) in [5.74, 6) is 0.796. The number of carbonyl (C=O) groups excluding carboxylic acids is 1. The highest BCUT2D eigenvalue weighted by atomic mass is 16.5. The second kappa shape index (κ2) is 6.51. The third-order valence-corrected chi connectivity index (χ3v) is 4.64. The fourth-order valence-electron chi connectivity index (χ4n) is 3.44. The summed E-state index contributed by atoms with van der Waals surface area (Å²) in [5, 5.41) is 7.06. The van der Waals surface area contributed by atoms with Crippen LogP contribution < -0.4 is 15.4 Å². The van der Waals surface area contributed by atoms with Crippen LogP contribution in [0.2, 0.25) is 0 Å². The Balaban J connectivity index is 1.37. The summed E-state index contributed by atoms with van der Waals surface area (Å²) in [6, 6.07) is 11.9. The zero-order valence-corrected chi connectivity index (χ0v) is 14.2. The molecule has 0 bridgehead atoms. The van der Waals surface area contributed by atoms with E-state index in [1.807, 2.05) is 30.5 Å². The maximum atomic E-state index is 12.2. The first-order chi connectivity index (χ1) is 12.2. The molecule has 1 aromatic heterocycles. The second-order valence-corrected chi connectivity index (χ2v) is 6.33. The summed E-state index contributed by atoms with van der Waals surface area (Å²) in [4.78, 5) is 15.5. The van der Waals surface area contributed by atoms with E-state index < -0.39 is 0 Å². The lowest BCUT2D eigenvalue weighted by Crippen LogP contribution is -2.30. The van der Waals surface area contributed by atoms with Crippen LogP contribution in [0.4, 0.5) is 10.5 Å². The number of nitrogens with one attached hydrogen (secondary N) is 3. The van der Waals surface area contributed by atoms with Crippen molar-refractivity contribution in [3.8, 4) is 5.75 Å². The van der Waals surface area contributed by atoms with Crippen LogP contribution in [0.25, 0.3) is 10.9 Å². The van der Waals surface area contributed by atoms with Gasteiger partial charge in [0.15, 0.2) is 0 Å². The highest BCUT2D eigenvalue weighted by Crippen LogP contribution is 2.33. The number of para-hydroxylation sites is 1. The smallest absolute Gasteiger partial charge is 0.319 e. The van der Waals surface area contributed by atoms with Gasteiger partial charge in [0.05, 0.1) is 12.3 Å². The molecule has 0 saturated heterocycles. The van der Waals surface area contributed by atoms with Gasteiger partial charge < -0.3 is 20.4 Å². The molecule has 0 fully saturated rings. The molecule has 0 unspecified atom stereocenters. The average molecular weight is 335 g/mol. The molecule has 3 N–H and O–H groups in total. The Bertz CT molecular complexity index is 930. The van der Waals surface area contributed by atoms with E-state index in [-0.39, 0.29) is 6.03 Å². The largest absolute Gasteiger partial charge is 0.491 e. The summed E-state index contributed by atoms with van der Waals surface area (Å²) >= 11 is 0. The number of rotatable bonds is 4. The van der Waals surface area contributed by atoms with Crippen molar-refractivity contribution in [1.29, 1.82) is 0 Å². The van der Waals surface area contributed by atoms with Crippen LogP contribution in [-0.2, 0) is 12.8 Å². The minimum Gasteiger partial charge on any atom is -0.491 e. The summed E-state index contributed by atoms with van der Waals surface area (Å²) in [7, 11) is 0. The van der Waals surface area contributed by atoms with Crippen LogP contribution in [0.3, 0.4) is 0 Å². The van der Waals surface area contributed by atoms with Crippen molar-refractivity contribution in [2.45, 2.75) is 19.8 Å². The van der Waals surface area contributed by atoms with E-state index in [0.29, 0.717) is 13.2 Å². The standard InChI is InChI=1S/C20H21N3O2/c1-13-4-2-6-16-18(13)15(12-22-16)8-10-21-20(24)23-17-7-3-5-14-9-11-25-19(14)17/h2-7,12,22H,8-11H2,1H3,(H2,21,23,24). The van der Waals surface area contributed by atoms with Gasteiger partial charge in [-0.15, -0.1) is 0 Å². The van der Waals surface area contributed by atoms with Crippen molar-refractivity contribution in [2.75, 3.05) is 18.5 Å². The average Bonchev–Trinajstić information content (AvgIpc) is 3.23. The van der Waals surface area contributed by atoms with Crippen molar-refractivity contribution in [3.05, 3.63) is 59.3 Å². The lowest BCUT2D eigenvalue weighted by atomic mass is 10.1. The highest BCUT2D eigenvalue weighted by Gasteiger charge is 2.17. The van der Waals surface area contributed by atoms with E-state index in [2.05, 4.69) is 34.7 Å². The zero-order valence-electron chi connectivity index (χ0n) is 14.2. The number of hydrogen-bond donors (Lipinski definition) is 3. The number of aromatic amines is 1. The van der Waals surface area contributed by atoms with Crippen molar-refractivity contribution in [2.24, 2.45) is 0 Å². The molecular weight excluding hydrogens is 314 g/mol. The molecule has 0 aliphatic carbocycles. The summed E-state index contributed by atoms with van der Waals surface area (Å²) in [6.07, 6.45) is 3.70. The first kappa shape index (κ1) is 15.6. The molecule has 25 heavy (non-hydrogen) atoms. The second-order valence-electron chi connectivity index (χ2n) is 6.33. The predicted molar refractivity (Wildman–Crippen MR) is 99.4 cm³/mol. The van der Waals surface area contributed by atoms with Crippen LogP contribution in [0.5, 0.6) is 5.75 Å². The fourth-order valence-corrected chi connectivity index (χ4v) is 3.44. The third-order valence-electron chi connectivity index (χ3n) is 4.64. The van der Waals surface area contributed by atoms with Crippen LogP contribution in [-0.4, -0.2) is 24.2 Å². The Morgan fingerprint density at radius 3 is 3.04 bits per heavy atom. The minimum absolute atomic E-state index is 0.208. The number of ether oxygens (including phenoxy) is 1. The molecule has 5 heteroatoms. The molecule has 0 atom stereocenters. The highest BCUT2D eigenvalue weighted by molar-refractivity contribution is 5.91. The van der Waals surface area contributed by atoms with Gasteiger partial charge in [-0.05, 0) is 42.2 Å². The van der Waals surface area contributed by atoms with Gasteiger partial charge in [0.1, 0.15) is 5.75 Å². The van der Waals surface area contributed by atoms with E-state index in [9.17, 15) is 4.79 Å². The molecule has 128 valence electrons. The third kappa shape index (κ3) is 3.05. The molecule has 1 aliphatic rings. The first-order valence-corrected chi connectivity index (χ1v) is 8.57. The van der Waals surface area contributed by atoms with Gasteiger partial charge in [-0.2, -0.15) is 0 Å². The monoisotopic (exact) mass is 335 g/mol. The lowest BCUT2D eigenvalue weighted by molar-refractivity contribution is 0.252. The maximum absolute atomic E-state index is 12.2. The SMILES string of the molecule is Cc1cccc2[nH]cc(CCNC(=O)Nc3cccc4c3OCC4)c12. The van der Waals surface area contributed by atoms with Crippen molar-refractivity contribution in [1.82, 2.24) is 10.3 Å². The Kier molecular flexibility index (Phi) is 4.06. The number of aryl methyl sites for hydroxylation is 1. The zero-order chi connectivity index (χ0) is 17.2. The molecule has 0 spiro atoms. The number of anilines is 1. The molecule has 0 radical (unpaired) electrons. The Hall–Kier alpha value is -2.95. The van der Waals surface area contributed by atoms with Crippen molar-refractivity contribution in [3.63, 3.8) is 0 Å². The van der Waals surface area contributed by atoms with Crippen LogP contribution in [0.15, 0.2) is 42.6 Å². The van der Waals surface area contributed by atoms with Crippen LogP contribution >= 0.6 is 0 Å². The van der Waals surface area contributed by atoms with Crippen molar-refractivity contribution >= 4 is 22.6 Å². The summed E-state index contributed by atoms with van der Waals surface area (Å²) in [6.45, 7) is 3.36. The predicted octanol–water partition coefficient (Wildman–Crippen LogP) is 3.78. The minimum atomic E-state index is -0.208.